The Morgan fingerprint density at radius 2 is 1.74 bits per heavy atom. The molecule has 0 saturated heterocycles. The zero-order valence-electron chi connectivity index (χ0n) is 16.6. The molecule has 0 amide bonds. The molecule has 12 heteroatoms. The van der Waals surface area contributed by atoms with Crippen LogP contribution in [-0.4, -0.2) is 40.9 Å². The van der Waals surface area contributed by atoms with Gasteiger partial charge in [-0.1, -0.05) is 42.9 Å². The van der Waals surface area contributed by atoms with Gasteiger partial charge in [0.2, 0.25) is 21.7 Å². The van der Waals surface area contributed by atoms with Crippen LogP contribution in [0, 0.1) is 0 Å². The van der Waals surface area contributed by atoms with Crippen molar-refractivity contribution in [3.8, 4) is 11.4 Å². The summed E-state index contributed by atoms with van der Waals surface area (Å²) in [6.45, 7) is 4.27. The van der Waals surface area contributed by atoms with Crippen LogP contribution >= 0.6 is 11.8 Å². The van der Waals surface area contributed by atoms with Crippen LogP contribution in [-0.2, 0) is 22.0 Å². The van der Waals surface area contributed by atoms with Crippen LogP contribution in [0.5, 0.6) is 0 Å². The lowest BCUT2D eigenvalue weighted by Gasteiger charge is -2.18. The molecular formula is C19H19F3N4O3S2. The van der Waals surface area contributed by atoms with E-state index < -0.39 is 21.8 Å². The molecule has 166 valence electrons. The number of pyridine rings is 1. The van der Waals surface area contributed by atoms with Gasteiger partial charge < -0.3 is 4.52 Å². The Morgan fingerprint density at radius 1 is 1.06 bits per heavy atom. The normalized spacial score (nSPS) is 12.5. The summed E-state index contributed by atoms with van der Waals surface area (Å²) >= 11 is 1.26. The summed E-state index contributed by atoms with van der Waals surface area (Å²) in [6.07, 6.45) is -3.11. The largest absolute Gasteiger partial charge is 0.416 e. The van der Waals surface area contributed by atoms with Crippen molar-refractivity contribution in [3.63, 3.8) is 0 Å². The average molecular weight is 473 g/mol. The number of alkyl halides is 3. The fourth-order valence-electron chi connectivity index (χ4n) is 2.69. The average Bonchev–Trinajstić information content (AvgIpc) is 3.22. The summed E-state index contributed by atoms with van der Waals surface area (Å²) in [7, 11) is -3.57. The summed E-state index contributed by atoms with van der Waals surface area (Å²) in [6, 6.07) is 7.55. The molecule has 0 radical (unpaired) electrons. The highest BCUT2D eigenvalue weighted by Crippen LogP contribution is 2.30. The van der Waals surface area contributed by atoms with E-state index in [0.29, 0.717) is 23.7 Å². The van der Waals surface area contributed by atoms with E-state index >= 15 is 0 Å². The van der Waals surface area contributed by atoms with Gasteiger partial charge in [0.05, 0.1) is 16.3 Å². The number of hydrogen-bond acceptors (Lipinski definition) is 7. The minimum absolute atomic E-state index is 0.114. The second-order valence-corrected chi connectivity index (χ2v) is 9.23. The molecule has 0 aliphatic heterocycles. The molecule has 0 spiro atoms. The highest BCUT2D eigenvalue weighted by Gasteiger charge is 2.30. The molecule has 2 aromatic heterocycles. The van der Waals surface area contributed by atoms with Crippen molar-refractivity contribution >= 4 is 21.8 Å². The first-order chi connectivity index (χ1) is 14.6. The molecule has 0 atom stereocenters. The topological polar surface area (TPSA) is 89.2 Å². The molecule has 0 unspecified atom stereocenters. The molecule has 0 aliphatic rings. The van der Waals surface area contributed by atoms with Crippen molar-refractivity contribution in [2.24, 2.45) is 0 Å². The van der Waals surface area contributed by atoms with E-state index in [-0.39, 0.29) is 22.4 Å². The van der Waals surface area contributed by atoms with E-state index in [9.17, 15) is 21.6 Å². The minimum Gasteiger partial charge on any atom is -0.338 e. The molecule has 3 aromatic rings. The van der Waals surface area contributed by atoms with Crippen molar-refractivity contribution in [2.45, 2.75) is 35.7 Å². The Morgan fingerprint density at radius 3 is 2.29 bits per heavy atom. The molecule has 1 aromatic carbocycles. The van der Waals surface area contributed by atoms with E-state index in [1.807, 2.05) is 0 Å². The Kier molecular flexibility index (Phi) is 7.02. The maximum atomic E-state index is 12.7. The Balaban J connectivity index is 1.64. The Hall–Kier alpha value is -2.44. The minimum atomic E-state index is -4.41. The molecule has 0 N–H and O–H groups in total. The van der Waals surface area contributed by atoms with Crippen molar-refractivity contribution in [2.75, 3.05) is 13.1 Å². The van der Waals surface area contributed by atoms with Gasteiger partial charge in [0.1, 0.15) is 4.90 Å². The zero-order valence-corrected chi connectivity index (χ0v) is 18.3. The fraction of sp³-hybridized carbons (Fsp3) is 0.316. The number of benzene rings is 1. The van der Waals surface area contributed by atoms with Crippen LogP contribution in [0.1, 0.15) is 25.3 Å². The van der Waals surface area contributed by atoms with Gasteiger partial charge in [0, 0.05) is 24.8 Å². The summed E-state index contributed by atoms with van der Waals surface area (Å²) in [5, 5.41) is 4.35. The monoisotopic (exact) mass is 472 g/mol. The number of aromatic nitrogens is 3. The molecule has 2 heterocycles. The lowest BCUT2D eigenvalue weighted by Crippen LogP contribution is -2.30. The van der Waals surface area contributed by atoms with Gasteiger partial charge in [-0.05, 0) is 24.3 Å². The standard InChI is InChI=1S/C19H19F3N4O3S2/c1-3-26(4-2)31(27,28)15-9-10-17(23-11-15)30-12-16-24-18(25-29-16)13-5-7-14(8-6-13)19(20,21)22/h5-11H,3-4,12H2,1-2H3. The lowest BCUT2D eigenvalue weighted by atomic mass is 10.1. The van der Waals surface area contributed by atoms with Crippen LogP contribution in [0.2, 0.25) is 0 Å². The predicted octanol–water partition coefficient (Wildman–Crippen LogP) is 4.47. The molecule has 0 fully saturated rings. The van der Waals surface area contributed by atoms with Gasteiger partial charge in [0.25, 0.3) is 0 Å². The van der Waals surface area contributed by atoms with E-state index in [1.54, 1.807) is 19.9 Å². The number of hydrogen-bond donors (Lipinski definition) is 0. The third-order valence-electron chi connectivity index (χ3n) is 4.33. The van der Waals surface area contributed by atoms with Crippen molar-refractivity contribution in [3.05, 3.63) is 54.0 Å². The number of thioether (sulfide) groups is 1. The first kappa shape index (κ1) is 23.2. The summed E-state index contributed by atoms with van der Waals surface area (Å²) < 4.78 is 69.4. The third-order valence-corrected chi connectivity index (χ3v) is 7.30. The van der Waals surface area contributed by atoms with Crippen LogP contribution in [0.4, 0.5) is 13.2 Å². The summed E-state index contributed by atoms with van der Waals surface area (Å²) in [5.74, 6) is 0.711. The Labute approximate surface area is 181 Å². The second-order valence-electron chi connectivity index (χ2n) is 6.30. The number of rotatable bonds is 8. The van der Waals surface area contributed by atoms with E-state index in [0.717, 1.165) is 12.1 Å². The molecular weight excluding hydrogens is 453 g/mol. The van der Waals surface area contributed by atoms with E-state index in [1.165, 1.54) is 40.5 Å². The molecule has 7 nitrogen and oxygen atoms in total. The van der Waals surface area contributed by atoms with Gasteiger partial charge in [-0.15, -0.1) is 0 Å². The SMILES string of the molecule is CCN(CC)S(=O)(=O)c1ccc(SCc2nc(-c3ccc(C(F)(F)F)cc3)no2)nc1. The number of sulfonamides is 1. The third kappa shape index (κ3) is 5.43. The first-order valence-electron chi connectivity index (χ1n) is 9.24. The predicted molar refractivity (Wildman–Crippen MR) is 109 cm³/mol. The highest BCUT2D eigenvalue weighted by atomic mass is 32.2. The van der Waals surface area contributed by atoms with Gasteiger partial charge in [-0.3, -0.25) is 0 Å². The molecule has 0 saturated carbocycles. The molecule has 0 bridgehead atoms. The van der Waals surface area contributed by atoms with Gasteiger partial charge in [-0.25, -0.2) is 13.4 Å². The molecule has 3 rings (SSSR count). The summed E-state index contributed by atoms with van der Waals surface area (Å²) in [4.78, 5) is 8.46. The van der Waals surface area contributed by atoms with Crippen LogP contribution in [0.15, 0.2) is 57.0 Å². The first-order valence-corrected chi connectivity index (χ1v) is 11.7. The van der Waals surface area contributed by atoms with Gasteiger partial charge in [-0.2, -0.15) is 22.5 Å². The highest BCUT2D eigenvalue weighted by molar-refractivity contribution is 7.98. The number of nitrogens with zero attached hydrogens (tertiary/aromatic N) is 4. The van der Waals surface area contributed by atoms with Crippen molar-refractivity contribution in [1.29, 1.82) is 0 Å². The quantitative estimate of drug-likeness (QED) is 0.447. The lowest BCUT2D eigenvalue weighted by molar-refractivity contribution is -0.137. The maximum Gasteiger partial charge on any atom is 0.416 e. The van der Waals surface area contributed by atoms with Crippen LogP contribution < -0.4 is 0 Å². The van der Waals surface area contributed by atoms with Gasteiger partial charge in [0.15, 0.2) is 0 Å². The van der Waals surface area contributed by atoms with Crippen molar-refractivity contribution in [1.82, 2.24) is 19.4 Å². The van der Waals surface area contributed by atoms with Crippen LogP contribution in [0.25, 0.3) is 11.4 Å². The van der Waals surface area contributed by atoms with Crippen LogP contribution in [0.3, 0.4) is 0 Å². The van der Waals surface area contributed by atoms with E-state index in [4.69, 9.17) is 4.52 Å². The van der Waals surface area contributed by atoms with Crippen molar-refractivity contribution < 1.29 is 26.1 Å². The van der Waals surface area contributed by atoms with E-state index in [2.05, 4.69) is 15.1 Å². The Bertz CT molecular complexity index is 1110. The number of halogens is 3. The zero-order chi connectivity index (χ0) is 22.6. The summed E-state index contributed by atoms with van der Waals surface area (Å²) in [5.41, 5.74) is -0.356. The molecule has 31 heavy (non-hydrogen) atoms. The fourth-order valence-corrected chi connectivity index (χ4v) is 4.78. The smallest absolute Gasteiger partial charge is 0.338 e. The van der Waals surface area contributed by atoms with Gasteiger partial charge >= 0.3 is 6.18 Å². The second kappa shape index (κ2) is 9.37. The maximum absolute atomic E-state index is 12.7. The molecule has 0 aliphatic carbocycles.